The molecule has 20 heavy (non-hydrogen) atoms. The summed E-state index contributed by atoms with van der Waals surface area (Å²) in [7, 11) is 0. The molecule has 0 saturated heterocycles. The molecule has 0 bridgehead atoms. The van der Waals surface area contributed by atoms with Gasteiger partial charge >= 0.3 is 0 Å². The van der Waals surface area contributed by atoms with E-state index in [9.17, 15) is 0 Å². The maximum absolute atomic E-state index is 6.04. The molecule has 0 heterocycles. The number of anilines is 1. The van der Waals surface area contributed by atoms with Crippen molar-refractivity contribution in [2.45, 2.75) is 0 Å². The predicted octanol–water partition coefficient (Wildman–Crippen LogP) is 6.40. The molecule has 0 amide bonds. The van der Waals surface area contributed by atoms with Gasteiger partial charge in [-0.3, -0.25) is 5.43 Å². The third kappa shape index (κ3) is 3.72. The molecule has 7 heteroatoms. The number of hydrogen-bond acceptors (Lipinski definition) is 2. The summed E-state index contributed by atoms with van der Waals surface area (Å²) in [5, 5.41) is 6.11. The standard InChI is InChI=1S/C13H7Cl5N2/c14-8-4-10(16)13(11(17)5-8)20-19-6-7-2-1-3-9(15)12(7)18/h1-6,20H. The minimum absolute atomic E-state index is 0.372. The van der Waals surface area contributed by atoms with Crippen LogP contribution in [-0.4, -0.2) is 6.21 Å². The molecule has 0 aliphatic rings. The quantitative estimate of drug-likeness (QED) is 0.492. The maximum atomic E-state index is 6.04. The molecule has 1 N–H and O–H groups in total. The van der Waals surface area contributed by atoms with E-state index in [1.807, 2.05) is 0 Å². The molecule has 0 spiro atoms. The highest BCUT2D eigenvalue weighted by Gasteiger charge is 2.07. The van der Waals surface area contributed by atoms with Crippen LogP contribution in [0.4, 0.5) is 5.69 Å². The van der Waals surface area contributed by atoms with Gasteiger partial charge in [-0.05, 0) is 18.2 Å². The SMILES string of the molecule is Clc1cc(Cl)c(NN=Cc2cccc(Cl)c2Cl)c(Cl)c1. The highest BCUT2D eigenvalue weighted by Crippen LogP contribution is 2.33. The van der Waals surface area contributed by atoms with Gasteiger partial charge in [0.1, 0.15) is 0 Å². The van der Waals surface area contributed by atoms with Crippen LogP contribution in [0, 0.1) is 0 Å². The van der Waals surface area contributed by atoms with Crippen molar-refractivity contribution in [3.63, 3.8) is 0 Å². The Morgan fingerprint density at radius 1 is 0.900 bits per heavy atom. The summed E-state index contributed by atoms with van der Waals surface area (Å²) in [6, 6.07) is 8.39. The second-order valence-corrected chi connectivity index (χ2v) is 5.79. The number of halogens is 5. The summed E-state index contributed by atoms with van der Waals surface area (Å²) < 4.78 is 0. The largest absolute Gasteiger partial charge is 0.275 e. The summed E-state index contributed by atoms with van der Waals surface area (Å²) in [6.07, 6.45) is 1.52. The van der Waals surface area contributed by atoms with E-state index < -0.39 is 0 Å². The van der Waals surface area contributed by atoms with E-state index >= 15 is 0 Å². The molecule has 0 unspecified atom stereocenters. The summed E-state index contributed by atoms with van der Waals surface area (Å²) in [5.41, 5.74) is 3.89. The highest BCUT2D eigenvalue weighted by molar-refractivity contribution is 6.43. The Hall–Kier alpha value is -0.640. The molecule has 0 saturated carbocycles. The third-order valence-corrected chi connectivity index (χ3v) is 4.02. The lowest BCUT2D eigenvalue weighted by Crippen LogP contribution is -1.93. The topological polar surface area (TPSA) is 24.4 Å². The highest BCUT2D eigenvalue weighted by atomic mass is 35.5. The van der Waals surface area contributed by atoms with Crippen molar-refractivity contribution < 1.29 is 0 Å². The molecular formula is C13H7Cl5N2. The zero-order valence-corrected chi connectivity index (χ0v) is 13.6. The first kappa shape index (κ1) is 15.7. The molecule has 2 aromatic carbocycles. The summed E-state index contributed by atoms with van der Waals surface area (Å²) in [5.74, 6) is 0. The molecule has 0 radical (unpaired) electrons. The molecule has 0 aliphatic carbocycles. The van der Waals surface area contributed by atoms with Crippen LogP contribution in [0.25, 0.3) is 0 Å². The summed E-state index contributed by atoms with van der Waals surface area (Å²) in [6.45, 7) is 0. The van der Waals surface area contributed by atoms with Crippen molar-refractivity contribution in [1.82, 2.24) is 0 Å². The van der Waals surface area contributed by atoms with Crippen LogP contribution in [-0.2, 0) is 0 Å². The molecule has 2 aromatic rings. The van der Waals surface area contributed by atoms with Gasteiger partial charge in [-0.15, -0.1) is 0 Å². The Labute approximate surface area is 141 Å². The zero-order chi connectivity index (χ0) is 14.7. The molecule has 0 aliphatic heterocycles. The molecule has 2 nitrogen and oxygen atoms in total. The van der Waals surface area contributed by atoms with Gasteiger partial charge in [0, 0.05) is 10.6 Å². The van der Waals surface area contributed by atoms with E-state index in [1.54, 1.807) is 30.3 Å². The molecule has 0 atom stereocenters. The third-order valence-electron chi connectivity index (χ3n) is 2.37. The average Bonchev–Trinajstić information content (AvgIpc) is 2.37. The molecule has 104 valence electrons. The van der Waals surface area contributed by atoms with Crippen LogP contribution in [0.1, 0.15) is 5.56 Å². The predicted molar refractivity (Wildman–Crippen MR) is 89.2 cm³/mol. The van der Waals surface area contributed by atoms with Crippen LogP contribution in [0.2, 0.25) is 25.1 Å². The first-order valence-electron chi connectivity index (χ1n) is 5.36. The van der Waals surface area contributed by atoms with Crippen LogP contribution in [0.5, 0.6) is 0 Å². The van der Waals surface area contributed by atoms with Gasteiger partial charge in [0.2, 0.25) is 0 Å². The second kappa shape index (κ2) is 6.88. The first-order chi connectivity index (χ1) is 9.49. The number of rotatable bonds is 3. The minimum Gasteiger partial charge on any atom is -0.275 e. The lowest BCUT2D eigenvalue weighted by molar-refractivity contribution is 1.35. The fourth-order valence-electron chi connectivity index (χ4n) is 1.44. The second-order valence-electron chi connectivity index (χ2n) is 3.76. The van der Waals surface area contributed by atoms with Gasteiger partial charge in [0.15, 0.2) is 0 Å². The molecular weight excluding hydrogens is 361 g/mol. The van der Waals surface area contributed by atoms with E-state index in [-0.39, 0.29) is 0 Å². The lowest BCUT2D eigenvalue weighted by Gasteiger charge is -2.06. The number of nitrogens with one attached hydrogen (secondary N) is 1. The Morgan fingerprint density at radius 2 is 1.55 bits per heavy atom. The fourth-order valence-corrected chi connectivity index (χ4v) is 2.69. The van der Waals surface area contributed by atoms with Crippen molar-refractivity contribution >= 4 is 69.9 Å². The zero-order valence-electron chi connectivity index (χ0n) is 9.80. The Kier molecular flexibility index (Phi) is 5.42. The lowest BCUT2D eigenvalue weighted by atomic mass is 10.2. The van der Waals surface area contributed by atoms with Crippen molar-refractivity contribution in [3.8, 4) is 0 Å². The van der Waals surface area contributed by atoms with Gasteiger partial charge in [-0.1, -0.05) is 70.1 Å². The van der Waals surface area contributed by atoms with E-state index in [1.165, 1.54) is 6.21 Å². The van der Waals surface area contributed by atoms with Gasteiger partial charge in [-0.2, -0.15) is 5.10 Å². The number of hydrazone groups is 1. The van der Waals surface area contributed by atoms with E-state index in [0.717, 1.165) is 0 Å². The van der Waals surface area contributed by atoms with Crippen molar-refractivity contribution in [1.29, 1.82) is 0 Å². The van der Waals surface area contributed by atoms with Crippen molar-refractivity contribution in [2.75, 3.05) is 5.43 Å². The Bertz CT molecular complexity index is 647. The molecule has 2 rings (SSSR count). The number of hydrogen-bond donors (Lipinski definition) is 1. The van der Waals surface area contributed by atoms with Gasteiger partial charge in [-0.25, -0.2) is 0 Å². The summed E-state index contributed by atoms with van der Waals surface area (Å²) >= 11 is 29.8. The van der Waals surface area contributed by atoms with E-state index in [4.69, 9.17) is 58.0 Å². The van der Waals surface area contributed by atoms with Gasteiger partial charge < -0.3 is 0 Å². The fraction of sp³-hybridized carbons (Fsp3) is 0. The smallest absolute Gasteiger partial charge is 0.0935 e. The normalized spacial score (nSPS) is 11.1. The van der Waals surface area contributed by atoms with Crippen molar-refractivity contribution in [2.24, 2.45) is 5.10 Å². The van der Waals surface area contributed by atoms with Crippen molar-refractivity contribution in [3.05, 3.63) is 61.0 Å². The first-order valence-corrected chi connectivity index (χ1v) is 7.25. The monoisotopic (exact) mass is 366 g/mol. The Morgan fingerprint density at radius 3 is 2.20 bits per heavy atom. The minimum atomic E-state index is 0.372. The summed E-state index contributed by atoms with van der Waals surface area (Å²) in [4.78, 5) is 0. The van der Waals surface area contributed by atoms with Gasteiger partial charge in [0.25, 0.3) is 0 Å². The van der Waals surface area contributed by atoms with Crippen LogP contribution < -0.4 is 5.43 Å². The van der Waals surface area contributed by atoms with E-state index in [2.05, 4.69) is 10.5 Å². The van der Waals surface area contributed by atoms with Crippen LogP contribution >= 0.6 is 58.0 Å². The Balaban J connectivity index is 2.21. The van der Waals surface area contributed by atoms with Gasteiger partial charge in [0.05, 0.1) is 32.0 Å². The molecule has 0 fully saturated rings. The van der Waals surface area contributed by atoms with Crippen LogP contribution in [0.3, 0.4) is 0 Å². The number of nitrogens with zero attached hydrogens (tertiary/aromatic N) is 1. The maximum Gasteiger partial charge on any atom is 0.0935 e. The van der Waals surface area contributed by atoms with Crippen LogP contribution in [0.15, 0.2) is 35.4 Å². The van der Waals surface area contributed by atoms with E-state index in [0.29, 0.717) is 36.4 Å². The number of benzene rings is 2. The average molecular weight is 368 g/mol. The molecule has 0 aromatic heterocycles.